The van der Waals surface area contributed by atoms with Crippen molar-refractivity contribution in [1.29, 1.82) is 0 Å². The van der Waals surface area contributed by atoms with Crippen molar-refractivity contribution in [2.24, 2.45) is 0 Å². The summed E-state index contributed by atoms with van der Waals surface area (Å²) in [5.41, 5.74) is 1.24. The fraction of sp³-hybridized carbons (Fsp3) is 0.286. The van der Waals surface area contributed by atoms with Gasteiger partial charge >= 0.3 is 0 Å². The summed E-state index contributed by atoms with van der Waals surface area (Å²) in [6.07, 6.45) is 0. The molecule has 0 saturated heterocycles. The summed E-state index contributed by atoms with van der Waals surface area (Å²) >= 11 is 3.49. The largest absolute Gasteiger partial charge is 0.373 e. The van der Waals surface area contributed by atoms with Crippen molar-refractivity contribution in [3.8, 4) is 0 Å². The minimum Gasteiger partial charge on any atom is -0.373 e. The Labute approximate surface area is 122 Å². The van der Waals surface area contributed by atoms with E-state index in [-0.39, 0.29) is 0 Å². The number of halogens is 1. The number of hydrogen-bond acceptors (Lipinski definition) is 4. The average Bonchev–Trinajstić information content (AvgIpc) is 2.38. The second-order valence-electron chi connectivity index (χ2n) is 4.39. The number of nitrogens with zero attached hydrogens (tertiary/aromatic N) is 3. The van der Waals surface area contributed by atoms with Gasteiger partial charge in [0.1, 0.15) is 17.5 Å². The quantitative estimate of drug-likeness (QED) is 0.939. The molecular formula is C14H17BrN4. The number of rotatable bonds is 4. The molecule has 0 radical (unpaired) electrons. The molecule has 1 aromatic heterocycles. The van der Waals surface area contributed by atoms with E-state index in [4.69, 9.17) is 0 Å². The van der Waals surface area contributed by atoms with Gasteiger partial charge in [0.25, 0.3) is 0 Å². The minimum absolute atomic E-state index is 0.767. The molecule has 19 heavy (non-hydrogen) atoms. The van der Waals surface area contributed by atoms with Gasteiger partial charge in [0.05, 0.1) is 0 Å². The fourth-order valence-electron chi connectivity index (χ4n) is 1.87. The van der Waals surface area contributed by atoms with Gasteiger partial charge in [-0.2, -0.15) is 0 Å². The number of aromatic nitrogens is 2. The Hall–Kier alpha value is -1.62. The highest BCUT2D eigenvalue weighted by atomic mass is 79.9. The molecule has 2 aromatic rings. The molecule has 0 fully saturated rings. The van der Waals surface area contributed by atoms with Gasteiger partial charge in [-0.25, -0.2) is 9.97 Å². The maximum absolute atomic E-state index is 4.46. The van der Waals surface area contributed by atoms with Gasteiger partial charge in [0.15, 0.2) is 0 Å². The van der Waals surface area contributed by atoms with Crippen molar-refractivity contribution in [3.63, 3.8) is 0 Å². The van der Waals surface area contributed by atoms with E-state index >= 15 is 0 Å². The molecule has 0 aliphatic rings. The molecule has 5 heteroatoms. The Morgan fingerprint density at radius 1 is 1.26 bits per heavy atom. The highest BCUT2D eigenvalue weighted by Crippen LogP contribution is 2.18. The molecule has 0 unspecified atom stereocenters. The van der Waals surface area contributed by atoms with Gasteiger partial charge in [-0.1, -0.05) is 28.1 Å². The Bertz CT molecular complexity index is 571. The second kappa shape index (κ2) is 6.02. The third-order valence-corrected chi connectivity index (χ3v) is 3.27. The van der Waals surface area contributed by atoms with Crippen LogP contribution in [-0.2, 0) is 6.54 Å². The number of hydrogen-bond donors (Lipinski definition) is 1. The van der Waals surface area contributed by atoms with Crippen LogP contribution in [0.3, 0.4) is 0 Å². The molecule has 0 amide bonds. The summed E-state index contributed by atoms with van der Waals surface area (Å²) < 4.78 is 1.09. The molecule has 0 aliphatic carbocycles. The number of benzene rings is 1. The van der Waals surface area contributed by atoms with Crippen molar-refractivity contribution >= 4 is 27.6 Å². The Morgan fingerprint density at radius 2 is 2.05 bits per heavy atom. The van der Waals surface area contributed by atoms with E-state index in [1.165, 1.54) is 5.56 Å². The minimum atomic E-state index is 0.767. The lowest BCUT2D eigenvalue weighted by molar-refractivity contribution is 0.879. The predicted molar refractivity (Wildman–Crippen MR) is 82.6 cm³/mol. The smallest absolute Gasteiger partial charge is 0.134 e. The maximum atomic E-state index is 4.46. The van der Waals surface area contributed by atoms with Gasteiger partial charge < -0.3 is 10.2 Å². The average molecular weight is 321 g/mol. The second-order valence-corrected chi connectivity index (χ2v) is 5.31. The lowest BCUT2D eigenvalue weighted by atomic mass is 10.2. The molecule has 0 saturated carbocycles. The molecule has 4 nitrogen and oxygen atoms in total. The molecule has 2 rings (SSSR count). The van der Waals surface area contributed by atoms with E-state index in [2.05, 4.69) is 48.2 Å². The summed E-state index contributed by atoms with van der Waals surface area (Å²) in [6.45, 7) is 2.70. The summed E-state index contributed by atoms with van der Waals surface area (Å²) in [5.74, 6) is 2.52. The first-order valence-electron chi connectivity index (χ1n) is 6.07. The molecular weight excluding hydrogens is 304 g/mol. The maximum Gasteiger partial charge on any atom is 0.134 e. The standard InChI is InChI=1S/C14H17BrN4/c1-10-17-13(16-2)8-14(18-10)19(3)9-11-5-4-6-12(15)7-11/h4-8H,9H2,1-3H3,(H,16,17,18). The van der Waals surface area contributed by atoms with E-state index < -0.39 is 0 Å². The zero-order valence-electron chi connectivity index (χ0n) is 11.3. The van der Waals surface area contributed by atoms with Gasteiger partial charge in [0.2, 0.25) is 0 Å². The number of anilines is 2. The number of aryl methyl sites for hydroxylation is 1. The zero-order chi connectivity index (χ0) is 13.8. The summed E-state index contributed by atoms with van der Waals surface area (Å²) in [6, 6.07) is 10.2. The van der Waals surface area contributed by atoms with Crippen LogP contribution in [0, 0.1) is 6.92 Å². The van der Waals surface area contributed by atoms with Crippen molar-refractivity contribution in [2.75, 3.05) is 24.3 Å². The van der Waals surface area contributed by atoms with Crippen LogP contribution in [0.2, 0.25) is 0 Å². The van der Waals surface area contributed by atoms with E-state index in [9.17, 15) is 0 Å². The van der Waals surface area contributed by atoms with Crippen LogP contribution in [0.25, 0.3) is 0 Å². The van der Waals surface area contributed by atoms with Crippen molar-refractivity contribution < 1.29 is 0 Å². The van der Waals surface area contributed by atoms with Crippen LogP contribution in [0.1, 0.15) is 11.4 Å². The molecule has 1 heterocycles. The van der Waals surface area contributed by atoms with Gasteiger partial charge in [-0.05, 0) is 24.6 Å². The Morgan fingerprint density at radius 3 is 2.74 bits per heavy atom. The Balaban J connectivity index is 2.20. The normalized spacial score (nSPS) is 10.3. The lowest BCUT2D eigenvalue weighted by Crippen LogP contribution is -2.18. The molecule has 0 bridgehead atoms. The molecule has 100 valence electrons. The third-order valence-electron chi connectivity index (χ3n) is 2.78. The van der Waals surface area contributed by atoms with E-state index in [0.29, 0.717) is 0 Å². The van der Waals surface area contributed by atoms with Crippen LogP contribution in [0.15, 0.2) is 34.8 Å². The molecule has 0 aliphatic heterocycles. The highest BCUT2D eigenvalue weighted by Gasteiger charge is 2.07. The molecule has 0 atom stereocenters. The number of nitrogens with one attached hydrogen (secondary N) is 1. The van der Waals surface area contributed by atoms with Crippen LogP contribution in [0.5, 0.6) is 0 Å². The van der Waals surface area contributed by atoms with Gasteiger partial charge in [0, 0.05) is 31.2 Å². The van der Waals surface area contributed by atoms with Crippen LogP contribution in [-0.4, -0.2) is 24.1 Å². The third kappa shape index (κ3) is 3.67. The summed E-state index contributed by atoms with van der Waals surface area (Å²) in [5, 5.41) is 3.05. The van der Waals surface area contributed by atoms with E-state index in [0.717, 1.165) is 28.5 Å². The molecule has 1 aromatic carbocycles. The topological polar surface area (TPSA) is 41.0 Å². The van der Waals surface area contributed by atoms with Crippen molar-refractivity contribution in [2.45, 2.75) is 13.5 Å². The van der Waals surface area contributed by atoms with Crippen LogP contribution >= 0.6 is 15.9 Å². The van der Waals surface area contributed by atoms with E-state index in [1.807, 2.05) is 39.2 Å². The van der Waals surface area contributed by atoms with Crippen molar-refractivity contribution in [3.05, 3.63) is 46.2 Å². The molecule has 0 spiro atoms. The van der Waals surface area contributed by atoms with Crippen LogP contribution < -0.4 is 10.2 Å². The zero-order valence-corrected chi connectivity index (χ0v) is 12.9. The Kier molecular flexibility index (Phi) is 4.37. The molecule has 1 N–H and O–H groups in total. The summed E-state index contributed by atoms with van der Waals surface area (Å²) in [4.78, 5) is 10.9. The van der Waals surface area contributed by atoms with Crippen molar-refractivity contribution in [1.82, 2.24) is 9.97 Å². The highest BCUT2D eigenvalue weighted by molar-refractivity contribution is 9.10. The van der Waals surface area contributed by atoms with Crippen LogP contribution in [0.4, 0.5) is 11.6 Å². The summed E-state index contributed by atoms with van der Waals surface area (Å²) in [7, 11) is 3.89. The monoisotopic (exact) mass is 320 g/mol. The fourth-order valence-corrected chi connectivity index (χ4v) is 2.31. The SMILES string of the molecule is CNc1cc(N(C)Cc2cccc(Br)c2)nc(C)n1. The predicted octanol–water partition coefficient (Wildman–Crippen LogP) is 3.23. The van der Waals surface area contributed by atoms with E-state index in [1.54, 1.807) is 0 Å². The first-order chi connectivity index (χ1) is 9.08. The first kappa shape index (κ1) is 13.8. The lowest BCUT2D eigenvalue weighted by Gasteiger charge is -2.19. The first-order valence-corrected chi connectivity index (χ1v) is 6.87. The van der Waals surface area contributed by atoms with Gasteiger partial charge in [-0.15, -0.1) is 0 Å². The van der Waals surface area contributed by atoms with Gasteiger partial charge in [-0.3, -0.25) is 0 Å².